The van der Waals surface area contributed by atoms with Gasteiger partial charge in [-0.2, -0.15) is 0 Å². The van der Waals surface area contributed by atoms with Gasteiger partial charge in [-0.1, -0.05) is 64.5 Å². The highest BCUT2D eigenvalue weighted by atomic mass is 16.5. The third kappa shape index (κ3) is 8.41. The minimum absolute atomic E-state index is 0.638. The lowest BCUT2D eigenvalue weighted by Gasteiger charge is -2.26. The molecular formula is C29H42N2O. The number of benzene rings is 1. The lowest BCUT2D eigenvalue weighted by molar-refractivity contribution is 0.288. The normalized spacial score (nSPS) is 18.8. The summed E-state index contributed by atoms with van der Waals surface area (Å²) < 4.78 is 5.92. The molecule has 3 nitrogen and oxygen atoms in total. The Balaban J connectivity index is 1.37. The topological polar surface area (TPSA) is 35.0 Å². The number of unbranched alkanes of at least 4 members (excludes halogenated alkanes) is 4. The van der Waals surface area contributed by atoms with E-state index in [1.54, 1.807) is 0 Å². The Morgan fingerprint density at radius 2 is 1.56 bits per heavy atom. The zero-order valence-electron chi connectivity index (χ0n) is 20.3. The van der Waals surface area contributed by atoms with Crippen molar-refractivity contribution < 1.29 is 4.74 Å². The number of nitrogens with zero attached hydrogens (tertiary/aromatic N) is 2. The van der Waals surface area contributed by atoms with Gasteiger partial charge >= 0.3 is 0 Å². The quantitative estimate of drug-likeness (QED) is 0.235. The number of hydrogen-bond acceptors (Lipinski definition) is 3. The molecule has 0 unspecified atom stereocenters. The van der Waals surface area contributed by atoms with E-state index in [2.05, 4.69) is 36.0 Å². The lowest BCUT2D eigenvalue weighted by Crippen LogP contribution is -2.13. The summed E-state index contributed by atoms with van der Waals surface area (Å²) in [6, 6.07) is 8.13. The first-order valence-electron chi connectivity index (χ1n) is 13.0. The van der Waals surface area contributed by atoms with Gasteiger partial charge in [0.15, 0.2) is 5.82 Å². The second-order valence-corrected chi connectivity index (χ2v) is 9.41. The summed E-state index contributed by atoms with van der Waals surface area (Å²) in [6.07, 6.45) is 24.4. The van der Waals surface area contributed by atoms with Gasteiger partial charge in [-0.15, -0.1) is 0 Å². The monoisotopic (exact) mass is 434 g/mol. The predicted octanol–water partition coefficient (Wildman–Crippen LogP) is 8.20. The van der Waals surface area contributed by atoms with E-state index in [0.717, 1.165) is 35.4 Å². The Bertz CT molecular complexity index is 774. The zero-order valence-corrected chi connectivity index (χ0v) is 20.3. The molecule has 0 radical (unpaired) electrons. The molecule has 0 bridgehead atoms. The maximum atomic E-state index is 5.92. The largest absolute Gasteiger partial charge is 0.490 e. The van der Waals surface area contributed by atoms with E-state index in [9.17, 15) is 0 Å². The van der Waals surface area contributed by atoms with Gasteiger partial charge in [0.2, 0.25) is 0 Å². The smallest absolute Gasteiger partial charge is 0.159 e. The van der Waals surface area contributed by atoms with Crippen molar-refractivity contribution >= 4 is 0 Å². The van der Waals surface area contributed by atoms with Gasteiger partial charge < -0.3 is 4.74 Å². The van der Waals surface area contributed by atoms with Crippen molar-refractivity contribution in [2.45, 2.75) is 90.9 Å². The first kappa shape index (κ1) is 24.5. The van der Waals surface area contributed by atoms with Crippen LogP contribution in [0.4, 0.5) is 0 Å². The molecule has 0 spiro atoms. The number of aryl methyl sites for hydroxylation is 1. The summed E-state index contributed by atoms with van der Waals surface area (Å²) in [6.45, 7) is 5.16. The molecule has 1 fully saturated rings. The van der Waals surface area contributed by atoms with Crippen molar-refractivity contribution in [3.8, 4) is 17.1 Å². The fourth-order valence-electron chi connectivity index (χ4n) is 4.66. The molecule has 3 heteroatoms. The van der Waals surface area contributed by atoms with Crippen molar-refractivity contribution in [1.29, 1.82) is 0 Å². The van der Waals surface area contributed by atoms with E-state index in [1.807, 2.05) is 36.7 Å². The van der Waals surface area contributed by atoms with Crippen molar-refractivity contribution in [2.24, 2.45) is 11.8 Å². The van der Waals surface area contributed by atoms with Gasteiger partial charge in [-0.05, 0) is 80.2 Å². The maximum absolute atomic E-state index is 5.92. The van der Waals surface area contributed by atoms with Gasteiger partial charge in [0, 0.05) is 18.0 Å². The van der Waals surface area contributed by atoms with Gasteiger partial charge in [0.1, 0.15) is 12.4 Å². The molecule has 0 N–H and O–H groups in total. The van der Waals surface area contributed by atoms with Gasteiger partial charge in [0.05, 0.1) is 0 Å². The van der Waals surface area contributed by atoms with Crippen LogP contribution in [0.3, 0.4) is 0 Å². The minimum atomic E-state index is 0.638. The molecule has 1 saturated carbocycles. The second-order valence-electron chi connectivity index (χ2n) is 9.41. The number of hydrogen-bond donors (Lipinski definition) is 0. The molecule has 1 heterocycles. The fraction of sp³-hybridized carbons (Fsp3) is 0.586. The van der Waals surface area contributed by atoms with Crippen molar-refractivity contribution in [3.63, 3.8) is 0 Å². The van der Waals surface area contributed by atoms with E-state index in [4.69, 9.17) is 4.74 Å². The molecule has 0 saturated heterocycles. The average Bonchev–Trinajstić information content (AvgIpc) is 2.84. The van der Waals surface area contributed by atoms with Crippen molar-refractivity contribution in [3.05, 3.63) is 54.4 Å². The van der Waals surface area contributed by atoms with E-state index >= 15 is 0 Å². The Hall–Kier alpha value is -2.16. The third-order valence-corrected chi connectivity index (χ3v) is 6.75. The van der Waals surface area contributed by atoms with Crippen LogP contribution < -0.4 is 4.74 Å². The summed E-state index contributed by atoms with van der Waals surface area (Å²) in [5, 5.41) is 0. The predicted molar refractivity (Wildman–Crippen MR) is 135 cm³/mol. The Kier molecular flexibility index (Phi) is 10.8. The number of allylic oxidation sites excluding steroid dienone is 1. The fourth-order valence-corrected chi connectivity index (χ4v) is 4.66. The molecule has 3 rings (SSSR count). The standard InChI is InChI=1S/C29H42N2O/c1-3-5-7-10-24-13-15-25(16-14-24)12-9-21-32-28-19-17-27(18-20-28)29-30-22-26(23-31-29)11-8-6-4-2/h9,12,17-20,22-25H,3-8,10-11,13-16,21H2,1-2H3/t24-,25-. The number of aromatic nitrogens is 2. The molecular weight excluding hydrogens is 392 g/mol. The van der Waals surface area contributed by atoms with E-state index < -0.39 is 0 Å². The number of ether oxygens (including phenoxy) is 1. The molecule has 174 valence electrons. The second kappa shape index (κ2) is 14.1. The van der Waals surface area contributed by atoms with Crippen LogP contribution in [0.1, 0.15) is 90.0 Å². The molecule has 1 aromatic heterocycles. The van der Waals surface area contributed by atoms with Crippen molar-refractivity contribution in [1.82, 2.24) is 9.97 Å². The van der Waals surface area contributed by atoms with Crippen LogP contribution in [-0.2, 0) is 6.42 Å². The van der Waals surface area contributed by atoms with Crippen LogP contribution in [-0.4, -0.2) is 16.6 Å². The summed E-state index contributed by atoms with van der Waals surface area (Å²) in [5.74, 6) is 3.39. The summed E-state index contributed by atoms with van der Waals surface area (Å²) in [4.78, 5) is 9.09. The highest BCUT2D eigenvalue weighted by Crippen LogP contribution is 2.32. The van der Waals surface area contributed by atoms with Crippen LogP contribution >= 0.6 is 0 Å². The van der Waals surface area contributed by atoms with Crippen molar-refractivity contribution in [2.75, 3.05) is 6.61 Å². The molecule has 0 atom stereocenters. The number of rotatable bonds is 13. The highest BCUT2D eigenvalue weighted by molar-refractivity contribution is 5.55. The summed E-state index contributed by atoms with van der Waals surface area (Å²) in [5.41, 5.74) is 2.25. The third-order valence-electron chi connectivity index (χ3n) is 6.75. The Morgan fingerprint density at radius 1 is 0.875 bits per heavy atom. The van der Waals surface area contributed by atoms with Gasteiger partial charge in [-0.3, -0.25) is 0 Å². The Labute approximate surface area is 195 Å². The van der Waals surface area contributed by atoms with Crippen LogP contribution in [0.25, 0.3) is 11.4 Å². The molecule has 0 aliphatic heterocycles. The van der Waals surface area contributed by atoms with Crippen LogP contribution in [0, 0.1) is 11.8 Å². The lowest BCUT2D eigenvalue weighted by atomic mass is 9.79. The molecule has 2 aromatic rings. The van der Waals surface area contributed by atoms with E-state index in [1.165, 1.54) is 76.2 Å². The molecule has 0 amide bonds. The minimum Gasteiger partial charge on any atom is -0.490 e. The zero-order chi connectivity index (χ0) is 22.4. The first-order chi connectivity index (χ1) is 15.8. The summed E-state index contributed by atoms with van der Waals surface area (Å²) >= 11 is 0. The van der Waals surface area contributed by atoms with Crippen LogP contribution in [0.15, 0.2) is 48.8 Å². The molecule has 1 aromatic carbocycles. The maximum Gasteiger partial charge on any atom is 0.159 e. The SMILES string of the molecule is CCCCCc1cnc(-c2ccc(OCC=C[C@H]3CC[C@H](CCCCC)CC3)cc2)nc1. The van der Waals surface area contributed by atoms with E-state index in [0.29, 0.717) is 6.61 Å². The van der Waals surface area contributed by atoms with Gasteiger partial charge in [0.25, 0.3) is 0 Å². The molecule has 32 heavy (non-hydrogen) atoms. The molecule has 1 aliphatic carbocycles. The van der Waals surface area contributed by atoms with Gasteiger partial charge in [-0.25, -0.2) is 9.97 Å². The molecule has 1 aliphatic rings. The average molecular weight is 435 g/mol. The summed E-state index contributed by atoms with van der Waals surface area (Å²) in [7, 11) is 0. The van der Waals surface area contributed by atoms with Crippen LogP contribution in [0.2, 0.25) is 0 Å². The van der Waals surface area contributed by atoms with E-state index in [-0.39, 0.29) is 0 Å². The van der Waals surface area contributed by atoms with Crippen LogP contribution in [0.5, 0.6) is 5.75 Å². The highest BCUT2D eigenvalue weighted by Gasteiger charge is 2.18. The first-order valence-corrected chi connectivity index (χ1v) is 13.0. The Morgan fingerprint density at radius 3 is 2.25 bits per heavy atom.